The van der Waals surface area contributed by atoms with E-state index in [9.17, 15) is 5.11 Å². The van der Waals surface area contributed by atoms with Gasteiger partial charge in [-0.05, 0) is 37.1 Å². The van der Waals surface area contributed by atoms with Crippen LogP contribution in [0, 0.1) is 5.92 Å². The molecule has 1 aliphatic rings. The van der Waals surface area contributed by atoms with E-state index in [2.05, 4.69) is 29.3 Å². The molecule has 0 aliphatic carbocycles. The molecular formula is C14H21ClN2O. The number of nitrogens with one attached hydrogen (secondary N) is 1. The van der Waals surface area contributed by atoms with Gasteiger partial charge in [-0.3, -0.25) is 0 Å². The fraction of sp³-hybridized carbons (Fsp3) is 0.571. The average molecular weight is 269 g/mol. The van der Waals surface area contributed by atoms with Crippen LogP contribution in [0.25, 0.3) is 0 Å². The van der Waals surface area contributed by atoms with Crippen LogP contribution in [-0.4, -0.2) is 31.3 Å². The van der Waals surface area contributed by atoms with Gasteiger partial charge in [0.2, 0.25) is 0 Å². The summed E-state index contributed by atoms with van der Waals surface area (Å²) < 4.78 is 0. The molecule has 2 atom stereocenters. The summed E-state index contributed by atoms with van der Waals surface area (Å²) in [5.41, 5.74) is 2.21. The van der Waals surface area contributed by atoms with E-state index in [1.165, 1.54) is 5.56 Å². The molecule has 1 aliphatic heterocycles. The normalized spacial score (nSPS) is 24.3. The van der Waals surface area contributed by atoms with E-state index in [1.54, 1.807) is 0 Å². The third-order valence-corrected chi connectivity index (χ3v) is 3.96. The molecule has 1 heterocycles. The molecule has 2 rings (SSSR count). The smallest absolute Gasteiger partial charge is 0.0741 e. The molecule has 2 unspecified atom stereocenters. The number of anilines is 1. The number of aliphatic hydroxyl groups excluding tert-OH is 1. The predicted octanol–water partition coefficient (Wildman–Crippen LogP) is 2.27. The lowest BCUT2D eigenvalue weighted by Gasteiger charge is -2.36. The number of hydrogen-bond donors (Lipinski definition) is 2. The Hall–Kier alpha value is -0.770. The van der Waals surface area contributed by atoms with E-state index in [1.807, 2.05) is 13.1 Å². The van der Waals surface area contributed by atoms with Crippen LogP contribution in [0.15, 0.2) is 18.2 Å². The molecule has 0 radical (unpaired) electrons. The first-order valence-electron chi connectivity index (χ1n) is 6.48. The van der Waals surface area contributed by atoms with Crippen LogP contribution in [0.5, 0.6) is 0 Å². The SMILES string of the molecule is CNCc1ccc(N2CCC(C)C(O)C2)c(Cl)c1. The molecule has 0 bridgehead atoms. The molecule has 0 aromatic heterocycles. The Morgan fingerprint density at radius 3 is 2.89 bits per heavy atom. The highest BCUT2D eigenvalue weighted by molar-refractivity contribution is 6.33. The van der Waals surface area contributed by atoms with Gasteiger partial charge in [-0.2, -0.15) is 0 Å². The van der Waals surface area contributed by atoms with Crippen molar-refractivity contribution in [3.05, 3.63) is 28.8 Å². The third-order valence-electron chi connectivity index (χ3n) is 3.65. The number of halogens is 1. The number of rotatable bonds is 3. The lowest BCUT2D eigenvalue weighted by molar-refractivity contribution is 0.103. The highest BCUT2D eigenvalue weighted by Gasteiger charge is 2.25. The molecule has 0 saturated carbocycles. The number of β-amino-alcohol motifs (C(OH)–C–C–N with tert-alkyl or cyclic N) is 1. The zero-order chi connectivity index (χ0) is 13.1. The highest BCUT2D eigenvalue weighted by atomic mass is 35.5. The van der Waals surface area contributed by atoms with Gasteiger partial charge in [0, 0.05) is 19.6 Å². The monoisotopic (exact) mass is 268 g/mol. The van der Waals surface area contributed by atoms with Gasteiger partial charge in [0.1, 0.15) is 0 Å². The van der Waals surface area contributed by atoms with Crippen molar-refractivity contribution in [2.75, 3.05) is 25.0 Å². The highest BCUT2D eigenvalue weighted by Crippen LogP contribution is 2.30. The topological polar surface area (TPSA) is 35.5 Å². The van der Waals surface area contributed by atoms with Gasteiger partial charge < -0.3 is 15.3 Å². The Bertz CT molecular complexity index is 411. The Morgan fingerprint density at radius 2 is 2.28 bits per heavy atom. The van der Waals surface area contributed by atoms with E-state index in [0.717, 1.165) is 30.2 Å². The minimum atomic E-state index is -0.258. The van der Waals surface area contributed by atoms with Crippen molar-refractivity contribution in [1.29, 1.82) is 0 Å². The summed E-state index contributed by atoms with van der Waals surface area (Å²) in [6, 6.07) is 6.14. The van der Waals surface area contributed by atoms with Crippen molar-refractivity contribution < 1.29 is 5.11 Å². The Morgan fingerprint density at radius 1 is 1.50 bits per heavy atom. The first-order chi connectivity index (χ1) is 8.61. The summed E-state index contributed by atoms with van der Waals surface area (Å²) in [5, 5.41) is 13.8. The first-order valence-corrected chi connectivity index (χ1v) is 6.85. The second-order valence-electron chi connectivity index (χ2n) is 5.10. The number of piperidine rings is 1. The molecule has 1 fully saturated rings. The molecular weight excluding hydrogens is 248 g/mol. The largest absolute Gasteiger partial charge is 0.391 e. The second-order valence-corrected chi connectivity index (χ2v) is 5.50. The number of hydrogen-bond acceptors (Lipinski definition) is 3. The van der Waals surface area contributed by atoms with E-state index in [-0.39, 0.29) is 6.10 Å². The average Bonchev–Trinajstić information content (AvgIpc) is 2.34. The Labute approximate surface area is 114 Å². The second kappa shape index (κ2) is 5.91. The molecule has 3 nitrogen and oxygen atoms in total. The van der Waals surface area contributed by atoms with Crippen LogP contribution < -0.4 is 10.2 Å². The maximum Gasteiger partial charge on any atom is 0.0741 e. The first kappa shape index (κ1) is 13.7. The summed E-state index contributed by atoms with van der Waals surface area (Å²) in [7, 11) is 1.92. The molecule has 1 aromatic carbocycles. The van der Waals surface area contributed by atoms with Crippen LogP contribution in [0.1, 0.15) is 18.9 Å². The van der Waals surface area contributed by atoms with Crippen LogP contribution in [0.2, 0.25) is 5.02 Å². The molecule has 18 heavy (non-hydrogen) atoms. The fourth-order valence-corrected chi connectivity index (χ4v) is 2.71. The maximum atomic E-state index is 9.94. The lowest BCUT2D eigenvalue weighted by atomic mass is 9.95. The lowest BCUT2D eigenvalue weighted by Crippen LogP contribution is -2.43. The standard InChI is InChI=1S/C14H21ClN2O/c1-10-5-6-17(9-14(10)18)13-4-3-11(8-16-2)7-12(13)15/h3-4,7,10,14,16,18H,5-6,8-9H2,1-2H3. The zero-order valence-corrected chi connectivity index (χ0v) is 11.7. The summed E-state index contributed by atoms with van der Waals surface area (Å²) in [5.74, 6) is 0.378. The van der Waals surface area contributed by atoms with Crippen molar-refractivity contribution in [2.24, 2.45) is 5.92 Å². The van der Waals surface area contributed by atoms with Crippen molar-refractivity contribution in [3.8, 4) is 0 Å². The van der Waals surface area contributed by atoms with Gasteiger partial charge in [0.15, 0.2) is 0 Å². The van der Waals surface area contributed by atoms with Crippen LogP contribution >= 0.6 is 11.6 Å². The van der Waals surface area contributed by atoms with Gasteiger partial charge in [0.05, 0.1) is 16.8 Å². The molecule has 2 N–H and O–H groups in total. The van der Waals surface area contributed by atoms with E-state index in [0.29, 0.717) is 12.5 Å². The van der Waals surface area contributed by atoms with Crippen LogP contribution in [-0.2, 0) is 6.54 Å². The van der Waals surface area contributed by atoms with E-state index < -0.39 is 0 Å². The minimum Gasteiger partial charge on any atom is -0.391 e. The third kappa shape index (κ3) is 2.97. The van der Waals surface area contributed by atoms with Gasteiger partial charge in [-0.15, -0.1) is 0 Å². The summed E-state index contributed by atoms with van der Waals surface area (Å²) >= 11 is 6.33. The number of benzene rings is 1. The fourth-order valence-electron chi connectivity index (χ4n) is 2.39. The summed E-state index contributed by atoms with van der Waals surface area (Å²) in [6.45, 7) is 4.55. The molecule has 100 valence electrons. The number of nitrogens with zero attached hydrogens (tertiary/aromatic N) is 1. The molecule has 1 saturated heterocycles. The summed E-state index contributed by atoms with van der Waals surface area (Å²) in [6.07, 6.45) is 0.752. The van der Waals surface area contributed by atoms with E-state index >= 15 is 0 Å². The van der Waals surface area contributed by atoms with Crippen molar-refractivity contribution in [3.63, 3.8) is 0 Å². The van der Waals surface area contributed by atoms with Gasteiger partial charge in [-0.1, -0.05) is 24.6 Å². The van der Waals surface area contributed by atoms with Gasteiger partial charge in [-0.25, -0.2) is 0 Å². The molecule has 0 amide bonds. The van der Waals surface area contributed by atoms with E-state index in [4.69, 9.17) is 11.6 Å². The van der Waals surface area contributed by atoms with Crippen LogP contribution in [0.4, 0.5) is 5.69 Å². The van der Waals surface area contributed by atoms with Crippen molar-refractivity contribution in [2.45, 2.75) is 26.0 Å². The quantitative estimate of drug-likeness (QED) is 0.883. The van der Waals surface area contributed by atoms with Crippen molar-refractivity contribution in [1.82, 2.24) is 5.32 Å². The molecule has 4 heteroatoms. The number of aliphatic hydroxyl groups is 1. The Balaban J connectivity index is 2.13. The Kier molecular flexibility index (Phi) is 4.49. The zero-order valence-electron chi connectivity index (χ0n) is 11.0. The maximum absolute atomic E-state index is 9.94. The van der Waals surface area contributed by atoms with Crippen LogP contribution in [0.3, 0.4) is 0 Å². The van der Waals surface area contributed by atoms with Crippen molar-refractivity contribution >= 4 is 17.3 Å². The summed E-state index contributed by atoms with van der Waals surface area (Å²) in [4.78, 5) is 2.18. The molecule has 1 aromatic rings. The van der Waals surface area contributed by atoms with Gasteiger partial charge >= 0.3 is 0 Å². The molecule has 0 spiro atoms. The predicted molar refractivity (Wildman–Crippen MR) is 76.2 cm³/mol. The minimum absolute atomic E-state index is 0.258. The van der Waals surface area contributed by atoms with Gasteiger partial charge in [0.25, 0.3) is 0 Å².